The van der Waals surface area contributed by atoms with Crippen molar-refractivity contribution in [3.05, 3.63) is 34.6 Å². The molecule has 0 aliphatic heterocycles. The van der Waals surface area contributed by atoms with Crippen molar-refractivity contribution in [2.24, 2.45) is 7.05 Å². The molecule has 1 aromatic heterocycles. The van der Waals surface area contributed by atoms with Crippen molar-refractivity contribution in [2.75, 3.05) is 0 Å². The summed E-state index contributed by atoms with van der Waals surface area (Å²) in [4.78, 5) is 3.80. The molecule has 0 bridgehead atoms. The first kappa shape index (κ1) is 11.2. The van der Waals surface area contributed by atoms with Crippen LogP contribution in [0.4, 0.5) is 8.78 Å². The lowest BCUT2D eigenvalue weighted by Crippen LogP contribution is -1.98. The molecule has 2 rings (SSSR count). The van der Waals surface area contributed by atoms with E-state index in [-0.39, 0.29) is 5.82 Å². The molecule has 0 saturated carbocycles. The molecule has 0 aliphatic rings. The van der Waals surface area contributed by atoms with Crippen LogP contribution in [0.15, 0.2) is 28.7 Å². The van der Waals surface area contributed by atoms with E-state index in [0.717, 1.165) is 9.15 Å². The van der Waals surface area contributed by atoms with Crippen molar-refractivity contribution in [3.8, 4) is 11.4 Å². The molecule has 0 aliphatic carbocycles. The molecule has 0 saturated heterocycles. The van der Waals surface area contributed by atoms with Gasteiger partial charge in [-0.2, -0.15) is 5.10 Å². The average Bonchev–Trinajstić information content (AvgIpc) is 2.61. The monoisotopic (exact) mass is 287 g/mol. The van der Waals surface area contributed by atoms with Crippen LogP contribution in [-0.2, 0) is 7.05 Å². The fourth-order valence-corrected chi connectivity index (χ4v) is 1.57. The molecule has 1 heterocycles. The Bertz CT molecular complexity index is 493. The summed E-state index contributed by atoms with van der Waals surface area (Å²) in [6.07, 6.45) is -2.61. The molecule has 0 fully saturated rings. The van der Waals surface area contributed by atoms with E-state index in [1.54, 1.807) is 12.1 Å². The van der Waals surface area contributed by atoms with Gasteiger partial charge in [-0.1, -0.05) is 28.1 Å². The van der Waals surface area contributed by atoms with Gasteiger partial charge >= 0.3 is 0 Å². The molecule has 16 heavy (non-hydrogen) atoms. The van der Waals surface area contributed by atoms with Crippen LogP contribution in [0.2, 0.25) is 0 Å². The molecule has 84 valence electrons. The van der Waals surface area contributed by atoms with Crippen LogP contribution in [0.5, 0.6) is 0 Å². The minimum Gasteiger partial charge on any atom is -0.247 e. The van der Waals surface area contributed by atoms with Gasteiger partial charge in [0.1, 0.15) is 0 Å². The van der Waals surface area contributed by atoms with Crippen LogP contribution < -0.4 is 0 Å². The Morgan fingerprint density at radius 3 is 2.38 bits per heavy atom. The highest BCUT2D eigenvalue weighted by Crippen LogP contribution is 2.22. The van der Waals surface area contributed by atoms with Crippen molar-refractivity contribution in [1.82, 2.24) is 14.8 Å². The maximum atomic E-state index is 12.5. The van der Waals surface area contributed by atoms with Crippen LogP contribution in [0.3, 0.4) is 0 Å². The second-order valence-corrected chi connectivity index (χ2v) is 4.14. The van der Waals surface area contributed by atoms with Gasteiger partial charge in [-0.15, -0.1) is 0 Å². The number of alkyl halides is 2. The number of hydrogen-bond acceptors (Lipinski definition) is 2. The Hall–Kier alpha value is -1.30. The lowest BCUT2D eigenvalue weighted by atomic mass is 10.2. The van der Waals surface area contributed by atoms with Crippen LogP contribution in [0.1, 0.15) is 12.2 Å². The highest BCUT2D eigenvalue weighted by Gasteiger charge is 2.17. The molecule has 6 heteroatoms. The number of benzene rings is 1. The third-order valence-corrected chi connectivity index (χ3v) is 2.62. The Balaban J connectivity index is 2.41. The summed E-state index contributed by atoms with van der Waals surface area (Å²) in [6, 6.07) is 7.17. The second kappa shape index (κ2) is 4.29. The van der Waals surface area contributed by atoms with Crippen LogP contribution in [-0.4, -0.2) is 14.8 Å². The van der Waals surface area contributed by atoms with Gasteiger partial charge in [-0.05, 0) is 12.1 Å². The standard InChI is InChI=1S/C10H8BrF2N3/c1-16-10(8(12)13)14-9(15-16)6-2-4-7(11)5-3-6/h2-5,8H,1H3. The topological polar surface area (TPSA) is 30.7 Å². The summed E-state index contributed by atoms with van der Waals surface area (Å²) in [5, 5.41) is 3.94. The summed E-state index contributed by atoms with van der Waals surface area (Å²) >= 11 is 3.29. The maximum absolute atomic E-state index is 12.5. The lowest BCUT2D eigenvalue weighted by Gasteiger charge is -1.94. The average molecular weight is 288 g/mol. The quantitative estimate of drug-likeness (QED) is 0.849. The van der Waals surface area contributed by atoms with Gasteiger partial charge in [-0.25, -0.2) is 18.4 Å². The number of rotatable bonds is 2. The fraction of sp³-hybridized carbons (Fsp3) is 0.200. The molecular weight excluding hydrogens is 280 g/mol. The van der Waals surface area contributed by atoms with E-state index in [1.807, 2.05) is 12.1 Å². The zero-order valence-electron chi connectivity index (χ0n) is 8.36. The predicted octanol–water partition coefficient (Wildman–Crippen LogP) is 3.18. The van der Waals surface area contributed by atoms with Gasteiger partial charge in [0.2, 0.25) is 0 Å². The number of hydrogen-bond donors (Lipinski definition) is 0. The molecule has 0 radical (unpaired) electrons. The van der Waals surface area contributed by atoms with Crippen molar-refractivity contribution < 1.29 is 8.78 Å². The van der Waals surface area contributed by atoms with E-state index in [9.17, 15) is 8.78 Å². The Morgan fingerprint density at radius 2 is 1.88 bits per heavy atom. The predicted molar refractivity (Wildman–Crippen MR) is 59.1 cm³/mol. The van der Waals surface area contributed by atoms with Gasteiger partial charge in [-0.3, -0.25) is 0 Å². The highest BCUT2D eigenvalue weighted by molar-refractivity contribution is 9.10. The van der Waals surface area contributed by atoms with Crippen molar-refractivity contribution in [1.29, 1.82) is 0 Å². The zero-order valence-corrected chi connectivity index (χ0v) is 9.95. The van der Waals surface area contributed by atoms with E-state index in [1.165, 1.54) is 7.05 Å². The van der Waals surface area contributed by atoms with E-state index < -0.39 is 6.43 Å². The molecule has 0 amide bonds. The van der Waals surface area contributed by atoms with E-state index >= 15 is 0 Å². The van der Waals surface area contributed by atoms with Crippen molar-refractivity contribution >= 4 is 15.9 Å². The normalized spacial score (nSPS) is 11.1. The molecule has 0 spiro atoms. The molecule has 0 unspecified atom stereocenters. The van der Waals surface area contributed by atoms with Gasteiger partial charge < -0.3 is 0 Å². The molecule has 0 N–H and O–H groups in total. The minimum absolute atomic E-state index is 0.310. The number of aromatic nitrogens is 3. The summed E-state index contributed by atoms with van der Waals surface area (Å²) in [5.74, 6) is -0.0109. The van der Waals surface area contributed by atoms with Crippen LogP contribution in [0.25, 0.3) is 11.4 Å². The van der Waals surface area contributed by atoms with Gasteiger partial charge in [0.25, 0.3) is 6.43 Å². The Morgan fingerprint density at radius 1 is 1.25 bits per heavy atom. The molecule has 3 nitrogen and oxygen atoms in total. The number of aryl methyl sites for hydroxylation is 1. The largest absolute Gasteiger partial charge is 0.297 e. The first-order valence-electron chi connectivity index (χ1n) is 4.53. The third kappa shape index (κ3) is 2.11. The molecular formula is C10H8BrF2N3. The summed E-state index contributed by atoms with van der Waals surface area (Å²) in [5.41, 5.74) is 0.714. The fourth-order valence-electron chi connectivity index (χ4n) is 1.31. The van der Waals surface area contributed by atoms with E-state index in [2.05, 4.69) is 26.0 Å². The third-order valence-electron chi connectivity index (χ3n) is 2.09. The molecule has 2 aromatic rings. The minimum atomic E-state index is -2.61. The van der Waals surface area contributed by atoms with Crippen molar-refractivity contribution in [2.45, 2.75) is 6.43 Å². The zero-order chi connectivity index (χ0) is 11.7. The maximum Gasteiger partial charge on any atom is 0.297 e. The summed E-state index contributed by atoms with van der Waals surface area (Å²) in [6.45, 7) is 0. The van der Waals surface area contributed by atoms with E-state index in [0.29, 0.717) is 11.4 Å². The Kier molecular flexibility index (Phi) is 3.00. The van der Waals surface area contributed by atoms with E-state index in [4.69, 9.17) is 0 Å². The number of halogens is 3. The molecule has 1 aromatic carbocycles. The second-order valence-electron chi connectivity index (χ2n) is 3.22. The molecule has 0 atom stereocenters. The lowest BCUT2D eigenvalue weighted by molar-refractivity contribution is 0.135. The SMILES string of the molecule is Cn1nc(-c2ccc(Br)cc2)nc1C(F)F. The smallest absolute Gasteiger partial charge is 0.247 e. The van der Waals surface area contributed by atoms with Gasteiger partial charge in [0, 0.05) is 17.1 Å². The van der Waals surface area contributed by atoms with Crippen molar-refractivity contribution in [3.63, 3.8) is 0 Å². The van der Waals surface area contributed by atoms with Crippen LogP contribution in [0, 0.1) is 0 Å². The van der Waals surface area contributed by atoms with Crippen LogP contribution >= 0.6 is 15.9 Å². The summed E-state index contributed by atoms with van der Waals surface area (Å²) in [7, 11) is 1.46. The van der Waals surface area contributed by atoms with Gasteiger partial charge in [0.15, 0.2) is 11.6 Å². The first-order chi connectivity index (χ1) is 7.58. The highest BCUT2D eigenvalue weighted by atomic mass is 79.9. The Labute approximate surface area is 99.2 Å². The van der Waals surface area contributed by atoms with Gasteiger partial charge in [0.05, 0.1) is 0 Å². The number of nitrogens with zero attached hydrogens (tertiary/aromatic N) is 3. The first-order valence-corrected chi connectivity index (χ1v) is 5.32. The summed E-state index contributed by atoms with van der Waals surface area (Å²) < 4.78 is 27.0.